The van der Waals surface area contributed by atoms with E-state index in [0.717, 1.165) is 19.4 Å². The number of hydrogen-bond acceptors (Lipinski definition) is 4. The summed E-state index contributed by atoms with van der Waals surface area (Å²) in [5.74, 6) is 1.21. The molecule has 1 saturated heterocycles. The Bertz CT molecular complexity index is 146. The maximum atomic E-state index is 5.20. The highest BCUT2D eigenvalue weighted by atomic mass is 32.2. The molecule has 0 aliphatic carbocycles. The molecule has 0 radical (unpaired) electrons. The lowest BCUT2D eigenvalue weighted by atomic mass is 10.4. The topological polar surface area (TPSA) is 18.5 Å². The van der Waals surface area contributed by atoms with Gasteiger partial charge in [-0.05, 0) is 6.42 Å². The molecule has 0 saturated carbocycles. The molecular formula is C8H14O2S2. The zero-order valence-electron chi connectivity index (χ0n) is 7.25. The predicted molar refractivity (Wildman–Crippen MR) is 55.7 cm³/mol. The Morgan fingerprint density at radius 3 is 2.92 bits per heavy atom. The fraction of sp³-hybridized carbons (Fsp3) is 0.875. The van der Waals surface area contributed by atoms with Crippen molar-refractivity contribution in [3.8, 4) is 0 Å². The molecular weight excluding hydrogens is 192 g/mol. The van der Waals surface area contributed by atoms with E-state index in [1.807, 2.05) is 11.8 Å². The number of rotatable bonds is 5. The molecule has 1 fully saturated rings. The summed E-state index contributed by atoms with van der Waals surface area (Å²) in [6.07, 6.45) is 2.17. The molecule has 0 aromatic heterocycles. The van der Waals surface area contributed by atoms with Crippen LogP contribution in [-0.2, 0) is 9.47 Å². The Hall–Kier alpha value is 0.0400. The summed E-state index contributed by atoms with van der Waals surface area (Å²) in [6, 6.07) is 0. The fourth-order valence-corrected chi connectivity index (χ4v) is 1.21. The van der Waals surface area contributed by atoms with E-state index in [9.17, 15) is 0 Å². The molecule has 12 heavy (non-hydrogen) atoms. The van der Waals surface area contributed by atoms with Gasteiger partial charge in [0.15, 0.2) is 0 Å². The smallest absolute Gasteiger partial charge is 0.352 e. The highest BCUT2D eigenvalue weighted by Gasteiger charge is 2.23. The maximum Gasteiger partial charge on any atom is 0.352 e. The van der Waals surface area contributed by atoms with Crippen molar-refractivity contribution in [2.24, 2.45) is 0 Å². The van der Waals surface area contributed by atoms with E-state index < -0.39 is 0 Å². The van der Waals surface area contributed by atoms with Crippen LogP contribution < -0.4 is 0 Å². The van der Waals surface area contributed by atoms with Crippen molar-refractivity contribution in [1.29, 1.82) is 0 Å². The largest absolute Gasteiger partial charge is 0.457 e. The minimum atomic E-state index is 0.316. The maximum absolute atomic E-state index is 5.20. The molecule has 1 rings (SSSR count). The standard InChI is InChI=1S/C8H14O2S2/c1-2-3-4-9-8(11)10-5-7-6-12-7/h7H,2-6H2,1H3/t7-/m0/s1. The summed E-state index contributed by atoms with van der Waals surface area (Å²) in [4.78, 5) is 0. The second-order valence-corrected chi connectivity index (χ2v) is 4.39. The number of unbranched alkanes of at least 4 members (excludes halogenated alkanes) is 1. The predicted octanol–water partition coefficient (Wildman–Crippen LogP) is 2.22. The van der Waals surface area contributed by atoms with Crippen LogP contribution >= 0.6 is 24.0 Å². The van der Waals surface area contributed by atoms with Gasteiger partial charge in [-0.1, -0.05) is 13.3 Å². The van der Waals surface area contributed by atoms with E-state index in [1.165, 1.54) is 5.75 Å². The zero-order chi connectivity index (χ0) is 8.81. The Balaban J connectivity index is 1.88. The van der Waals surface area contributed by atoms with Crippen LogP contribution in [0.25, 0.3) is 0 Å². The van der Waals surface area contributed by atoms with Crippen LogP contribution in [0.3, 0.4) is 0 Å². The Labute approximate surface area is 83.0 Å². The molecule has 1 aliphatic heterocycles. The molecule has 0 N–H and O–H groups in total. The van der Waals surface area contributed by atoms with Crippen LogP contribution in [-0.4, -0.2) is 29.5 Å². The molecule has 0 unspecified atom stereocenters. The summed E-state index contributed by atoms with van der Waals surface area (Å²) in [6.45, 7) is 3.52. The third-order valence-corrected chi connectivity index (χ3v) is 2.68. The molecule has 0 aromatic rings. The molecule has 1 atom stereocenters. The molecule has 0 bridgehead atoms. The average molecular weight is 206 g/mol. The van der Waals surface area contributed by atoms with E-state index in [1.54, 1.807) is 0 Å². The minimum Gasteiger partial charge on any atom is -0.457 e. The number of thiocarbonyl (C=S) groups is 1. The van der Waals surface area contributed by atoms with Crippen LogP contribution in [0.1, 0.15) is 19.8 Å². The lowest BCUT2D eigenvalue weighted by Gasteiger charge is -2.06. The molecule has 1 aliphatic rings. The number of ether oxygens (including phenoxy) is 2. The first-order valence-corrected chi connectivity index (χ1v) is 5.69. The van der Waals surface area contributed by atoms with Gasteiger partial charge in [0.25, 0.3) is 0 Å². The van der Waals surface area contributed by atoms with Crippen molar-refractivity contribution < 1.29 is 9.47 Å². The lowest BCUT2D eigenvalue weighted by molar-refractivity contribution is 0.180. The van der Waals surface area contributed by atoms with Gasteiger partial charge in [0.2, 0.25) is 0 Å². The zero-order valence-corrected chi connectivity index (χ0v) is 8.88. The summed E-state index contributed by atoms with van der Waals surface area (Å²) in [5, 5.41) is 0.980. The van der Waals surface area contributed by atoms with Gasteiger partial charge in [0.1, 0.15) is 6.61 Å². The van der Waals surface area contributed by atoms with Crippen molar-refractivity contribution in [3.63, 3.8) is 0 Å². The Morgan fingerprint density at radius 2 is 2.33 bits per heavy atom. The van der Waals surface area contributed by atoms with Gasteiger partial charge in [0, 0.05) is 23.2 Å². The average Bonchev–Trinajstić information content (AvgIpc) is 2.84. The number of thioether (sulfide) groups is 1. The normalized spacial score (nSPS) is 20.2. The van der Waals surface area contributed by atoms with E-state index in [2.05, 4.69) is 6.92 Å². The third kappa shape index (κ3) is 4.83. The van der Waals surface area contributed by atoms with Crippen molar-refractivity contribution in [2.45, 2.75) is 25.0 Å². The van der Waals surface area contributed by atoms with Gasteiger partial charge in [0.05, 0.1) is 6.61 Å². The summed E-state index contributed by atoms with van der Waals surface area (Å²) >= 11 is 6.76. The van der Waals surface area contributed by atoms with Gasteiger partial charge in [-0.3, -0.25) is 0 Å². The summed E-state index contributed by atoms with van der Waals surface area (Å²) in [5.41, 5.74) is 0. The molecule has 70 valence electrons. The third-order valence-electron chi connectivity index (χ3n) is 1.51. The highest BCUT2D eigenvalue weighted by Crippen LogP contribution is 2.29. The van der Waals surface area contributed by atoms with E-state index in [-0.39, 0.29) is 0 Å². The second kappa shape index (κ2) is 5.65. The molecule has 1 heterocycles. The van der Waals surface area contributed by atoms with Gasteiger partial charge in [-0.2, -0.15) is 11.8 Å². The van der Waals surface area contributed by atoms with Gasteiger partial charge < -0.3 is 9.47 Å². The molecule has 0 amide bonds. The van der Waals surface area contributed by atoms with Crippen molar-refractivity contribution >= 4 is 29.2 Å². The quantitative estimate of drug-likeness (QED) is 0.390. The SMILES string of the molecule is CCCCOC(=S)OC[C@H]1CS1. The monoisotopic (exact) mass is 206 g/mol. The van der Waals surface area contributed by atoms with Crippen LogP contribution in [0.4, 0.5) is 0 Å². The van der Waals surface area contributed by atoms with E-state index in [0.29, 0.717) is 17.1 Å². The summed E-state index contributed by atoms with van der Waals surface area (Å²) < 4.78 is 10.4. The highest BCUT2D eigenvalue weighted by molar-refractivity contribution is 8.06. The van der Waals surface area contributed by atoms with Crippen LogP contribution in [0, 0.1) is 0 Å². The van der Waals surface area contributed by atoms with Crippen molar-refractivity contribution in [3.05, 3.63) is 0 Å². The van der Waals surface area contributed by atoms with Crippen LogP contribution in [0.15, 0.2) is 0 Å². The van der Waals surface area contributed by atoms with Gasteiger partial charge in [-0.25, -0.2) is 0 Å². The lowest BCUT2D eigenvalue weighted by Crippen LogP contribution is -2.11. The van der Waals surface area contributed by atoms with Crippen LogP contribution in [0.2, 0.25) is 0 Å². The molecule has 0 aromatic carbocycles. The van der Waals surface area contributed by atoms with Crippen molar-refractivity contribution in [2.75, 3.05) is 19.0 Å². The fourth-order valence-electron chi connectivity index (χ4n) is 0.667. The van der Waals surface area contributed by atoms with E-state index >= 15 is 0 Å². The minimum absolute atomic E-state index is 0.316. The van der Waals surface area contributed by atoms with Crippen molar-refractivity contribution in [1.82, 2.24) is 0 Å². The Morgan fingerprint density at radius 1 is 1.58 bits per heavy atom. The molecule has 4 heteroatoms. The first kappa shape index (κ1) is 10.1. The van der Waals surface area contributed by atoms with E-state index in [4.69, 9.17) is 21.7 Å². The second-order valence-electron chi connectivity index (χ2n) is 2.72. The number of hydrogen-bond donors (Lipinski definition) is 0. The first-order valence-electron chi connectivity index (χ1n) is 4.24. The van der Waals surface area contributed by atoms with Gasteiger partial charge in [-0.15, -0.1) is 0 Å². The van der Waals surface area contributed by atoms with Crippen LogP contribution in [0.5, 0.6) is 0 Å². The van der Waals surface area contributed by atoms with Gasteiger partial charge >= 0.3 is 5.24 Å². The molecule has 2 nitrogen and oxygen atoms in total. The molecule has 0 spiro atoms. The summed E-state index contributed by atoms with van der Waals surface area (Å²) in [7, 11) is 0. The Kier molecular flexibility index (Phi) is 4.76. The first-order chi connectivity index (χ1) is 5.83.